The minimum atomic E-state index is -0.503. The number of benzene rings is 4. The molecular formula is C37H34N4O5S2. The molecule has 48 heavy (non-hydrogen) atoms. The van der Waals surface area contributed by atoms with Crippen molar-refractivity contribution in [2.75, 3.05) is 24.4 Å². The van der Waals surface area contributed by atoms with Gasteiger partial charge in [0.25, 0.3) is 11.8 Å². The van der Waals surface area contributed by atoms with Crippen molar-refractivity contribution < 1.29 is 23.9 Å². The summed E-state index contributed by atoms with van der Waals surface area (Å²) in [7, 11) is 1.61. The van der Waals surface area contributed by atoms with E-state index in [4.69, 9.17) is 9.47 Å². The van der Waals surface area contributed by atoms with Gasteiger partial charge in [-0.25, -0.2) is 4.98 Å². The van der Waals surface area contributed by atoms with Crippen LogP contribution in [0.3, 0.4) is 0 Å². The number of thioether (sulfide) groups is 1. The summed E-state index contributed by atoms with van der Waals surface area (Å²) in [4.78, 5) is 44.9. The van der Waals surface area contributed by atoms with Crippen LogP contribution in [-0.2, 0) is 9.59 Å². The molecule has 1 aromatic heterocycles. The highest BCUT2D eigenvalue weighted by atomic mass is 32.2. The summed E-state index contributed by atoms with van der Waals surface area (Å²) in [5.74, 6) is 0.312. The molecule has 0 aliphatic heterocycles. The van der Waals surface area contributed by atoms with E-state index in [9.17, 15) is 14.4 Å². The monoisotopic (exact) mass is 678 g/mol. The predicted octanol–water partition coefficient (Wildman–Crippen LogP) is 7.75. The van der Waals surface area contributed by atoms with Crippen LogP contribution in [0.25, 0.3) is 17.3 Å². The summed E-state index contributed by atoms with van der Waals surface area (Å²) in [5, 5.41) is 10.5. The van der Waals surface area contributed by atoms with Crippen molar-refractivity contribution in [3.63, 3.8) is 0 Å². The average molecular weight is 679 g/mol. The topological polar surface area (TPSA) is 119 Å². The maximum atomic E-state index is 13.5. The molecule has 0 aliphatic rings. The highest BCUT2D eigenvalue weighted by molar-refractivity contribution is 8.00. The Morgan fingerprint density at radius 1 is 0.896 bits per heavy atom. The third-order valence-electron chi connectivity index (χ3n) is 6.90. The molecule has 1 unspecified atom stereocenters. The molecule has 9 nitrogen and oxygen atoms in total. The molecular weight excluding hydrogens is 645 g/mol. The van der Waals surface area contributed by atoms with Crippen LogP contribution in [-0.4, -0.2) is 41.7 Å². The maximum absolute atomic E-state index is 13.5. The minimum Gasteiger partial charge on any atom is -0.497 e. The fourth-order valence-electron chi connectivity index (χ4n) is 4.49. The lowest BCUT2D eigenvalue weighted by Gasteiger charge is -2.14. The number of aromatic nitrogens is 1. The molecule has 244 valence electrons. The normalized spacial score (nSPS) is 11.7. The highest BCUT2D eigenvalue weighted by Gasteiger charge is 2.19. The van der Waals surface area contributed by atoms with Crippen molar-refractivity contribution in [2.24, 2.45) is 0 Å². The van der Waals surface area contributed by atoms with E-state index in [1.165, 1.54) is 23.1 Å². The number of nitrogens with zero attached hydrogens (tertiary/aromatic N) is 1. The first kappa shape index (κ1) is 34.0. The average Bonchev–Trinajstić information content (AvgIpc) is 3.58. The Morgan fingerprint density at radius 3 is 2.42 bits per heavy atom. The van der Waals surface area contributed by atoms with Crippen LogP contribution in [0.1, 0.15) is 29.8 Å². The van der Waals surface area contributed by atoms with Crippen molar-refractivity contribution in [1.82, 2.24) is 10.3 Å². The minimum absolute atomic E-state index is 0.0654. The number of hydrogen-bond acceptors (Lipinski definition) is 8. The molecule has 3 amide bonds. The van der Waals surface area contributed by atoms with Crippen molar-refractivity contribution in [2.45, 2.75) is 24.0 Å². The Bertz CT molecular complexity index is 1910. The molecule has 1 atom stereocenters. The molecule has 0 spiro atoms. The first-order valence-corrected chi connectivity index (χ1v) is 16.9. The molecule has 0 fully saturated rings. The summed E-state index contributed by atoms with van der Waals surface area (Å²) < 4.78 is 10.8. The summed E-state index contributed by atoms with van der Waals surface area (Å²) >= 11 is 2.69. The van der Waals surface area contributed by atoms with Gasteiger partial charge in [-0.15, -0.1) is 23.1 Å². The van der Waals surface area contributed by atoms with E-state index in [0.717, 1.165) is 21.9 Å². The van der Waals surface area contributed by atoms with Crippen molar-refractivity contribution in [3.8, 4) is 22.8 Å². The Morgan fingerprint density at radius 2 is 1.67 bits per heavy atom. The van der Waals surface area contributed by atoms with Crippen molar-refractivity contribution in [1.29, 1.82) is 0 Å². The largest absolute Gasteiger partial charge is 0.497 e. The Kier molecular flexibility index (Phi) is 11.6. The number of thiazole rings is 1. The molecule has 5 rings (SSSR count). The van der Waals surface area contributed by atoms with Gasteiger partial charge in [0.15, 0.2) is 5.13 Å². The van der Waals surface area contributed by atoms with Gasteiger partial charge in [0, 0.05) is 27.1 Å². The number of methoxy groups -OCH3 is 1. The Balaban J connectivity index is 1.25. The summed E-state index contributed by atoms with van der Waals surface area (Å²) in [5.41, 5.74) is 3.33. The van der Waals surface area contributed by atoms with Gasteiger partial charge in [-0.2, -0.15) is 0 Å². The third kappa shape index (κ3) is 9.34. The number of hydrogen-bond donors (Lipinski definition) is 3. The molecule has 0 saturated heterocycles. The van der Waals surface area contributed by atoms with Gasteiger partial charge in [-0.1, -0.05) is 48.5 Å². The molecule has 0 radical (unpaired) electrons. The van der Waals surface area contributed by atoms with Gasteiger partial charge in [0.1, 0.15) is 17.2 Å². The number of carbonyl (C=O) groups is 3. The second kappa shape index (κ2) is 16.4. The number of anilines is 2. The SMILES string of the molecule is CCOc1ccc(/C=C(/NC(=O)c2ccccc2)C(=O)Nc2cccc(SC(C)C(=O)Nc3nc(-c4cccc(OC)c4)cs3)c2)cc1. The van der Waals surface area contributed by atoms with Crippen molar-refractivity contribution >= 4 is 57.7 Å². The van der Waals surface area contributed by atoms with Gasteiger partial charge < -0.3 is 25.4 Å². The van der Waals surface area contributed by atoms with Crippen LogP contribution in [0.2, 0.25) is 0 Å². The molecule has 0 aliphatic carbocycles. The van der Waals surface area contributed by atoms with E-state index < -0.39 is 17.1 Å². The smallest absolute Gasteiger partial charge is 0.272 e. The lowest BCUT2D eigenvalue weighted by molar-refractivity contribution is -0.115. The third-order valence-corrected chi connectivity index (χ3v) is 8.76. The zero-order valence-electron chi connectivity index (χ0n) is 26.6. The van der Waals surface area contributed by atoms with E-state index in [1.54, 1.807) is 74.7 Å². The van der Waals surface area contributed by atoms with Crippen LogP contribution < -0.4 is 25.4 Å². The number of rotatable bonds is 13. The molecule has 11 heteroatoms. The highest BCUT2D eigenvalue weighted by Crippen LogP contribution is 2.30. The van der Waals surface area contributed by atoms with E-state index >= 15 is 0 Å². The van der Waals surface area contributed by atoms with Gasteiger partial charge >= 0.3 is 0 Å². The van der Waals surface area contributed by atoms with Crippen molar-refractivity contribution in [3.05, 3.63) is 125 Å². The van der Waals surface area contributed by atoms with Gasteiger partial charge in [-0.3, -0.25) is 14.4 Å². The van der Waals surface area contributed by atoms with Crippen LogP contribution in [0, 0.1) is 0 Å². The van der Waals surface area contributed by atoms with E-state index in [0.29, 0.717) is 34.3 Å². The number of ether oxygens (including phenoxy) is 2. The molecule has 0 saturated carbocycles. The molecule has 3 N–H and O–H groups in total. The molecule has 0 bridgehead atoms. The lowest BCUT2D eigenvalue weighted by atomic mass is 10.1. The van der Waals surface area contributed by atoms with Crippen LogP contribution in [0.4, 0.5) is 10.8 Å². The van der Waals surface area contributed by atoms with Gasteiger partial charge in [0.05, 0.1) is 24.7 Å². The zero-order chi connectivity index (χ0) is 33.9. The summed E-state index contributed by atoms with van der Waals surface area (Å²) in [6.07, 6.45) is 1.61. The van der Waals surface area contributed by atoms with E-state index in [-0.39, 0.29) is 11.6 Å². The fourth-order valence-corrected chi connectivity index (χ4v) is 6.14. The first-order chi connectivity index (χ1) is 23.3. The first-order valence-electron chi connectivity index (χ1n) is 15.1. The van der Waals surface area contributed by atoms with Crippen LogP contribution in [0.5, 0.6) is 11.5 Å². The lowest BCUT2D eigenvalue weighted by Crippen LogP contribution is -2.30. The maximum Gasteiger partial charge on any atom is 0.272 e. The molecule has 1 heterocycles. The van der Waals surface area contributed by atoms with E-state index in [2.05, 4.69) is 20.9 Å². The zero-order valence-corrected chi connectivity index (χ0v) is 28.2. The predicted molar refractivity (Wildman–Crippen MR) is 193 cm³/mol. The summed E-state index contributed by atoms with van der Waals surface area (Å²) in [6, 6.07) is 30.7. The second-order valence-corrected chi connectivity index (χ2v) is 12.7. The van der Waals surface area contributed by atoms with E-state index in [1.807, 2.05) is 60.8 Å². The van der Waals surface area contributed by atoms with Crippen LogP contribution >= 0.6 is 23.1 Å². The van der Waals surface area contributed by atoms with Crippen LogP contribution in [0.15, 0.2) is 119 Å². The second-order valence-electron chi connectivity index (χ2n) is 10.4. The van der Waals surface area contributed by atoms with Gasteiger partial charge in [0.2, 0.25) is 5.91 Å². The number of amides is 3. The Hall–Kier alpha value is -5.39. The Labute approximate surface area is 287 Å². The molecule has 4 aromatic carbocycles. The van der Waals surface area contributed by atoms with Gasteiger partial charge in [-0.05, 0) is 80.1 Å². The summed E-state index contributed by atoms with van der Waals surface area (Å²) in [6.45, 7) is 4.24. The quantitative estimate of drug-likeness (QED) is 0.0861. The fraction of sp³-hybridized carbons (Fsp3) is 0.135. The standard InChI is InChI=1S/C37H34N4O5S2/c1-4-46-29-18-16-25(17-19-29)20-32(39-35(43)26-10-6-5-7-11-26)36(44)38-28-13-9-15-31(22-28)48-24(2)34(42)41-37-40-33(23-47-37)27-12-8-14-30(21-27)45-3/h5-24H,4H2,1-3H3,(H,38,44)(H,39,43)(H,40,41,42)/b32-20+. The number of nitrogens with one attached hydrogen (secondary N) is 3. The molecule has 5 aromatic rings. The number of carbonyl (C=O) groups excluding carboxylic acids is 3.